The molecule has 12 heteroatoms. The second-order valence-corrected chi connectivity index (χ2v) is 11.5. The summed E-state index contributed by atoms with van der Waals surface area (Å²) in [5.41, 5.74) is 0.0652. The highest BCUT2D eigenvalue weighted by molar-refractivity contribution is 7.89. The number of hydrogen-bond donors (Lipinski definition) is 2. The van der Waals surface area contributed by atoms with Crippen molar-refractivity contribution in [3.05, 3.63) is 29.0 Å². The molecule has 0 atom stereocenters. The van der Waals surface area contributed by atoms with Crippen molar-refractivity contribution in [3.8, 4) is 10.7 Å². The molecule has 1 aliphatic rings. The van der Waals surface area contributed by atoms with E-state index >= 15 is 0 Å². The molecule has 1 saturated carbocycles. The summed E-state index contributed by atoms with van der Waals surface area (Å²) in [5.74, 6) is 0. The first-order chi connectivity index (χ1) is 14.4. The summed E-state index contributed by atoms with van der Waals surface area (Å²) in [5, 5.41) is 17.3. The summed E-state index contributed by atoms with van der Waals surface area (Å²) in [7, 11) is -3.82. The molecule has 0 amide bonds. The van der Waals surface area contributed by atoms with E-state index in [9.17, 15) is 22.3 Å². The molecule has 0 radical (unpaired) electrons. The second-order valence-electron chi connectivity index (χ2n) is 8.76. The van der Waals surface area contributed by atoms with Crippen LogP contribution in [-0.2, 0) is 16.4 Å². The molecule has 0 spiro atoms. The van der Waals surface area contributed by atoms with E-state index in [1.807, 2.05) is 6.92 Å². The molecular formula is C19H23F2N5O3S2. The standard InChI is InChI=1S/C19H23F2N5O3S2/c1-18(2,27)5-4-11-8-12(31(28,29)25-19(3)6-7-19)10-26-13(9-22-15(11)26)16-23-24-17(30-16)14(20)21/h8-10,14,25,27H,4-7H2,1-3H3. The Labute approximate surface area is 182 Å². The SMILES string of the molecule is CC(C)(O)CCc1cc(S(=O)(=O)NC2(C)CC2)cn2c(-c3nnc(C(F)F)s3)cnc12. The van der Waals surface area contributed by atoms with Crippen LogP contribution in [0.4, 0.5) is 8.78 Å². The van der Waals surface area contributed by atoms with Crippen LogP contribution >= 0.6 is 11.3 Å². The maximum atomic E-state index is 13.0. The van der Waals surface area contributed by atoms with Crippen molar-refractivity contribution >= 4 is 27.0 Å². The van der Waals surface area contributed by atoms with Crippen molar-refractivity contribution in [1.29, 1.82) is 0 Å². The van der Waals surface area contributed by atoms with E-state index in [1.165, 1.54) is 12.4 Å². The van der Waals surface area contributed by atoms with Crippen LogP contribution in [0, 0.1) is 0 Å². The van der Waals surface area contributed by atoms with Gasteiger partial charge >= 0.3 is 0 Å². The molecule has 3 heterocycles. The van der Waals surface area contributed by atoms with Crippen molar-refractivity contribution in [2.75, 3.05) is 0 Å². The smallest absolute Gasteiger partial charge is 0.291 e. The Balaban J connectivity index is 1.83. The Hall–Kier alpha value is -2.02. The van der Waals surface area contributed by atoms with Crippen molar-refractivity contribution < 1.29 is 22.3 Å². The molecule has 1 aliphatic carbocycles. The third kappa shape index (κ3) is 4.76. The van der Waals surface area contributed by atoms with Gasteiger partial charge in [-0.25, -0.2) is 26.9 Å². The monoisotopic (exact) mass is 471 g/mol. The minimum atomic E-state index is -3.82. The zero-order valence-electron chi connectivity index (χ0n) is 17.3. The predicted molar refractivity (Wildman–Crippen MR) is 112 cm³/mol. The number of fused-ring (bicyclic) bond motifs is 1. The molecule has 168 valence electrons. The van der Waals surface area contributed by atoms with E-state index in [0.29, 0.717) is 29.7 Å². The van der Waals surface area contributed by atoms with Gasteiger partial charge in [0.05, 0.1) is 16.7 Å². The molecule has 2 N–H and O–H groups in total. The lowest BCUT2D eigenvalue weighted by Crippen LogP contribution is -2.34. The topological polar surface area (TPSA) is 109 Å². The number of sulfonamides is 1. The van der Waals surface area contributed by atoms with Crippen molar-refractivity contribution in [2.24, 2.45) is 0 Å². The average Bonchev–Trinajstić information content (AvgIpc) is 3.08. The Kier molecular flexibility index (Phi) is 5.39. The summed E-state index contributed by atoms with van der Waals surface area (Å²) in [4.78, 5) is 4.42. The van der Waals surface area contributed by atoms with Crippen LogP contribution < -0.4 is 4.72 Å². The molecule has 0 aromatic carbocycles. The van der Waals surface area contributed by atoms with Gasteiger partial charge in [0, 0.05) is 11.7 Å². The molecule has 1 fully saturated rings. The average molecular weight is 472 g/mol. The summed E-state index contributed by atoms with van der Waals surface area (Å²) >= 11 is 0.732. The number of alkyl halides is 2. The van der Waals surface area contributed by atoms with E-state index < -0.39 is 32.6 Å². The van der Waals surface area contributed by atoms with Gasteiger partial charge in [-0.1, -0.05) is 11.3 Å². The third-order valence-electron chi connectivity index (χ3n) is 5.20. The van der Waals surface area contributed by atoms with E-state index in [4.69, 9.17) is 0 Å². The van der Waals surface area contributed by atoms with E-state index in [1.54, 1.807) is 24.3 Å². The molecule has 3 aromatic rings. The van der Waals surface area contributed by atoms with Gasteiger partial charge in [0.15, 0.2) is 10.0 Å². The highest BCUT2D eigenvalue weighted by Gasteiger charge is 2.41. The summed E-state index contributed by atoms with van der Waals surface area (Å²) < 4.78 is 56.3. The van der Waals surface area contributed by atoms with Crippen LogP contribution in [0.25, 0.3) is 16.3 Å². The van der Waals surface area contributed by atoms with Gasteiger partial charge in [0.25, 0.3) is 6.43 Å². The van der Waals surface area contributed by atoms with Crippen molar-refractivity contribution in [3.63, 3.8) is 0 Å². The first-order valence-corrected chi connectivity index (χ1v) is 12.1. The number of aryl methyl sites for hydroxylation is 1. The van der Waals surface area contributed by atoms with Gasteiger partial charge in [-0.2, -0.15) is 0 Å². The highest BCUT2D eigenvalue weighted by atomic mass is 32.2. The minimum Gasteiger partial charge on any atom is -0.390 e. The summed E-state index contributed by atoms with van der Waals surface area (Å²) in [6, 6.07) is 1.55. The van der Waals surface area contributed by atoms with Gasteiger partial charge in [0.1, 0.15) is 11.3 Å². The van der Waals surface area contributed by atoms with Gasteiger partial charge < -0.3 is 5.11 Å². The van der Waals surface area contributed by atoms with Crippen LogP contribution in [0.3, 0.4) is 0 Å². The van der Waals surface area contributed by atoms with Crippen LogP contribution in [0.2, 0.25) is 0 Å². The predicted octanol–water partition coefficient (Wildman–Crippen LogP) is 3.32. The van der Waals surface area contributed by atoms with Gasteiger partial charge in [-0.3, -0.25) is 4.40 Å². The number of aromatic nitrogens is 4. The first kappa shape index (κ1) is 22.2. The van der Waals surface area contributed by atoms with Crippen LogP contribution in [0.1, 0.15) is 57.0 Å². The molecule has 0 bridgehead atoms. The fraction of sp³-hybridized carbons (Fsp3) is 0.526. The van der Waals surface area contributed by atoms with Crippen LogP contribution in [0.5, 0.6) is 0 Å². The number of nitrogens with zero attached hydrogens (tertiary/aromatic N) is 4. The number of halogens is 2. The Morgan fingerprint density at radius 1 is 1.35 bits per heavy atom. The van der Waals surface area contributed by atoms with Gasteiger partial charge in [-0.15, -0.1) is 10.2 Å². The zero-order valence-corrected chi connectivity index (χ0v) is 18.9. The number of rotatable bonds is 8. The Bertz CT molecular complexity index is 1230. The number of imidazole rings is 1. The quantitative estimate of drug-likeness (QED) is 0.522. The number of pyridine rings is 1. The Morgan fingerprint density at radius 2 is 2.06 bits per heavy atom. The Morgan fingerprint density at radius 3 is 2.65 bits per heavy atom. The van der Waals surface area contributed by atoms with Crippen LogP contribution in [-0.4, -0.2) is 44.2 Å². The largest absolute Gasteiger partial charge is 0.390 e. The van der Waals surface area contributed by atoms with Gasteiger partial charge in [-0.05, 0) is 58.1 Å². The molecule has 8 nitrogen and oxygen atoms in total. The normalized spacial score (nSPS) is 16.4. The highest BCUT2D eigenvalue weighted by Crippen LogP contribution is 2.36. The number of hydrogen-bond acceptors (Lipinski definition) is 7. The fourth-order valence-corrected chi connectivity index (χ4v) is 5.38. The second kappa shape index (κ2) is 7.54. The molecule has 0 unspecified atom stereocenters. The number of nitrogens with one attached hydrogen (secondary N) is 1. The molecule has 0 saturated heterocycles. The third-order valence-corrected chi connectivity index (χ3v) is 7.76. The van der Waals surface area contributed by atoms with Gasteiger partial charge in [0.2, 0.25) is 10.0 Å². The zero-order chi connectivity index (χ0) is 22.6. The molecular weight excluding hydrogens is 448 g/mol. The summed E-state index contributed by atoms with van der Waals surface area (Å²) in [6.45, 7) is 5.18. The lowest BCUT2D eigenvalue weighted by Gasteiger charge is -2.18. The first-order valence-electron chi connectivity index (χ1n) is 9.75. The van der Waals surface area contributed by atoms with Crippen LogP contribution in [0.15, 0.2) is 23.4 Å². The maximum Gasteiger partial charge on any atom is 0.291 e. The molecule has 3 aromatic heterocycles. The lowest BCUT2D eigenvalue weighted by atomic mass is 9.99. The number of aliphatic hydroxyl groups is 1. The molecule has 31 heavy (non-hydrogen) atoms. The maximum absolute atomic E-state index is 13.0. The lowest BCUT2D eigenvalue weighted by molar-refractivity contribution is 0.0714. The van der Waals surface area contributed by atoms with Crippen molar-refractivity contribution in [2.45, 2.75) is 68.9 Å². The van der Waals surface area contributed by atoms with E-state index in [2.05, 4.69) is 19.9 Å². The van der Waals surface area contributed by atoms with E-state index in [-0.39, 0.29) is 9.90 Å². The van der Waals surface area contributed by atoms with E-state index in [0.717, 1.165) is 24.2 Å². The summed E-state index contributed by atoms with van der Waals surface area (Å²) in [6.07, 6.45) is 2.42. The minimum absolute atomic E-state index is 0.0386. The van der Waals surface area contributed by atoms with Crippen molar-refractivity contribution in [1.82, 2.24) is 24.3 Å². The fourth-order valence-electron chi connectivity index (χ4n) is 3.16. The molecule has 0 aliphatic heterocycles. The molecule has 4 rings (SSSR count).